The highest BCUT2D eigenvalue weighted by Crippen LogP contribution is 2.35. The fourth-order valence-corrected chi connectivity index (χ4v) is 4.30. The van der Waals surface area contributed by atoms with Crippen LogP contribution < -0.4 is 0 Å². The van der Waals surface area contributed by atoms with Crippen LogP contribution in [0.5, 0.6) is 0 Å². The second-order valence-corrected chi connectivity index (χ2v) is 5.71. The molecule has 0 fully saturated rings. The van der Waals surface area contributed by atoms with E-state index in [9.17, 15) is 0 Å². The monoisotopic (exact) mass is 386 g/mol. The molecule has 1 heterocycles. The predicted molar refractivity (Wildman–Crippen MR) is 71.8 cm³/mol. The van der Waals surface area contributed by atoms with Crippen LogP contribution in [0.1, 0.15) is 5.56 Å². The normalized spacial score (nSPS) is 11.0. The van der Waals surface area contributed by atoms with E-state index in [1.807, 2.05) is 0 Å². The number of benzene rings is 1. The van der Waals surface area contributed by atoms with E-state index in [0.717, 1.165) is 0 Å². The lowest BCUT2D eigenvalue weighted by molar-refractivity contribution is 1.40. The Kier molecular flexibility index (Phi) is 3.18. The summed E-state index contributed by atoms with van der Waals surface area (Å²) in [7, 11) is 0. The van der Waals surface area contributed by atoms with Crippen molar-refractivity contribution in [2.75, 3.05) is 0 Å². The van der Waals surface area contributed by atoms with Gasteiger partial charge in [0.05, 0.1) is 0 Å². The van der Waals surface area contributed by atoms with Crippen molar-refractivity contribution in [2.45, 2.75) is 5.88 Å². The van der Waals surface area contributed by atoms with Crippen LogP contribution in [0, 0.1) is 3.57 Å². The second-order valence-electron chi connectivity index (χ2n) is 2.63. The molecule has 0 aliphatic heterocycles. The lowest BCUT2D eigenvalue weighted by Gasteiger charge is -2.00. The lowest BCUT2D eigenvalue weighted by Crippen LogP contribution is -1.83. The Morgan fingerprint density at radius 3 is 2.92 bits per heavy atom. The Bertz CT molecular complexity index is 452. The Balaban J connectivity index is 2.80. The van der Waals surface area contributed by atoms with Crippen LogP contribution >= 0.6 is 61.5 Å². The van der Waals surface area contributed by atoms with Gasteiger partial charge in [0.25, 0.3) is 0 Å². The van der Waals surface area contributed by atoms with Gasteiger partial charge in [0.1, 0.15) is 0 Å². The fourth-order valence-electron chi connectivity index (χ4n) is 1.18. The minimum atomic E-state index is 0.587. The Hall–Kier alpha value is 0.680. The van der Waals surface area contributed by atoms with E-state index in [0.29, 0.717) is 5.88 Å². The number of hydrogen-bond donors (Lipinski definition) is 0. The molecule has 0 saturated carbocycles. The van der Waals surface area contributed by atoms with Crippen molar-refractivity contribution in [3.8, 4) is 0 Å². The summed E-state index contributed by atoms with van der Waals surface area (Å²) in [5.41, 5.74) is 1.21. The SMILES string of the molecule is ClCc1ccc2c(Br)csc2c1I. The highest BCUT2D eigenvalue weighted by atomic mass is 127. The van der Waals surface area contributed by atoms with Crippen LogP contribution in [0.15, 0.2) is 22.0 Å². The third kappa shape index (κ3) is 1.76. The summed E-state index contributed by atoms with van der Waals surface area (Å²) < 4.78 is 3.78. The molecule has 4 heteroatoms. The van der Waals surface area contributed by atoms with Gasteiger partial charge in [-0.15, -0.1) is 22.9 Å². The summed E-state index contributed by atoms with van der Waals surface area (Å²) in [6, 6.07) is 4.21. The van der Waals surface area contributed by atoms with Crippen LogP contribution in [-0.2, 0) is 5.88 Å². The van der Waals surface area contributed by atoms with E-state index in [-0.39, 0.29) is 0 Å². The van der Waals surface area contributed by atoms with E-state index < -0.39 is 0 Å². The molecule has 0 N–H and O–H groups in total. The molecular weight excluding hydrogens is 382 g/mol. The molecule has 0 radical (unpaired) electrons. The standard InChI is InChI=1S/C9H5BrClIS/c10-7-4-13-9-6(7)2-1-5(3-11)8(9)12/h1-2,4H,3H2. The van der Waals surface area contributed by atoms with Crippen molar-refractivity contribution in [1.29, 1.82) is 0 Å². The van der Waals surface area contributed by atoms with Crippen molar-refractivity contribution < 1.29 is 0 Å². The number of rotatable bonds is 1. The predicted octanol–water partition coefficient (Wildman–Crippen LogP) is 5.01. The van der Waals surface area contributed by atoms with Gasteiger partial charge in [-0.1, -0.05) is 12.1 Å². The quantitative estimate of drug-likeness (QED) is 0.477. The largest absolute Gasteiger partial charge is 0.141 e. The maximum atomic E-state index is 5.83. The molecule has 13 heavy (non-hydrogen) atoms. The first kappa shape index (κ1) is 10.2. The summed E-state index contributed by atoms with van der Waals surface area (Å²) in [6.07, 6.45) is 0. The Labute approximate surface area is 108 Å². The van der Waals surface area contributed by atoms with Crippen LogP contribution in [0.4, 0.5) is 0 Å². The van der Waals surface area contributed by atoms with Gasteiger partial charge in [0, 0.05) is 29.4 Å². The zero-order valence-corrected chi connectivity index (χ0v) is 11.8. The smallest absolute Gasteiger partial charge is 0.0491 e. The molecule has 0 atom stereocenters. The molecule has 2 aromatic rings. The molecule has 0 nitrogen and oxygen atoms in total. The number of halogens is 3. The maximum Gasteiger partial charge on any atom is 0.0491 e. The van der Waals surface area contributed by atoms with E-state index in [4.69, 9.17) is 11.6 Å². The number of alkyl halides is 1. The summed E-state index contributed by atoms with van der Waals surface area (Å²) in [6.45, 7) is 0. The average Bonchev–Trinajstić information content (AvgIpc) is 2.50. The highest BCUT2D eigenvalue weighted by molar-refractivity contribution is 14.1. The number of hydrogen-bond acceptors (Lipinski definition) is 1. The third-order valence-electron chi connectivity index (χ3n) is 1.86. The van der Waals surface area contributed by atoms with Gasteiger partial charge < -0.3 is 0 Å². The van der Waals surface area contributed by atoms with Gasteiger partial charge in [-0.3, -0.25) is 0 Å². The van der Waals surface area contributed by atoms with E-state index in [1.54, 1.807) is 11.3 Å². The molecular formula is C9H5BrClIS. The minimum absolute atomic E-state index is 0.587. The fraction of sp³-hybridized carbons (Fsp3) is 0.111. The summed E-state index contributed by atoms with van der Waals surface area (Å²) >= 11 is 13.5. The molecule has 1 aromatic carbocycles. The van der Waals surface area contributed by atoms with Gasteiger partial charge in [-0.25, -0.2) is 0 Å². The summed E-state index contributed by atoms with van der Waals surface area (Å²) in [5, 5.41) is 3.40. The van der Waals surface area contributed by atoms with Gasteiger partial charge in [0.2, 0.25) is 0 Å². The molecule has 1 aromatic heterocycles. The summed E-state index contributed by atoms with van der Waals surface area (Å²) in [5.74, 6) is 0.587. The third-order valence-corrected chi connectivity index (χ3v) is 5.72. The van der Waals surface area contributed by atoms with Crippen LogP contribution in [-0.4, -0.2) is 0 Å². The first-order valence-electron chi connectivity index (χ1n) is 3.64. The van der Waals surface area contributed by atoms with Gasteiger partial charge in [-0.2, -0.15) is 0 Å². The second kappa shape index (κ2) is 4.04. The average molecular weight is 387 g/mol. The van der Waals surface area contributed by atoms with Gasteiger partial charge in [0.15, 0.2) is 0 Å². The zero-order valence-electron chi connectivity index (χ0n) is 6.48. The molecule has 0 saturated heterocycles. The molecule has 0 bridgehead atoms. The summed E-state index contributed by atoms with van der Waals surface area (Å²) in [4.78, 5) is 0. The van der Waals surface area contributed by atoms with Crippen LogP contribution in [0.3, 0.4) is 0 Å². The molecule has 0 amide bonds. The molecule has 0 spiro atoms. The minimum Gasteiger partial charge on any atom is -0.141 e. The number of fused-ring (bicyclic) bond motifs is 1. The van der Waals surface area contributed by atoms with Crippen molar-refractivity contribution in [1.82, 2.24) is 0 Å². The Morgan fingerprint density at radius 1 is 1.46 bits per heavy atom. The van der Waals surface area contributed by atoms with E-state index >= 15 is 0 Å². The molecule has 0 aliphatic rings. The first-order valence-corrected chi connectivity index (χ1v) is 6.92. The van der Waals surface area contributed by atoms with E-state index in [1.165, 1.54) is 23.7 Å². The van der Waals surface area contributed by atoms with Gasteiger partial charge >= 0.3 is 0 Å². The zero-order chi connectivity index (χ0) is 9.42. The van der Waals surface area contributed by atoms with E-state index in [2.05, 4.69) is 56.0 Å². The molecule has 0 unspecified atom stereocenters. The first-order chi connectivity index (χ1) is 6.24. The Morgan fingerprint density at radius 2 is 2.23 bits per heavy atom. The topological polar surface area (TPSA) is 0 Å². The van der Waals surface area contributed by atoms with Crippen LogP contribution in [0.25, 0.3) is 10.1 Å². The number of thiophene rings is 1. The molecule has 0 aliphatic carbocycles. The lowest BCUT2D eigenvalue weighted by atomic mass is 10.2. The van der Waals surface area contributed by atoms with Crippen molar-refractivity contribution in [3.63, 3.8) is 0 Å². The van der Waals surface area contributed by atoms with Crippen LogP contribution in [0.2, 0.25) is 0 Å². The van der Waals surface area contributed by atoms with Crippen molar-refractivity contribution in [2.24, 2.45) is 0 Å². The van der Waals surface area contributed by atoms with Gasteiger partial charge in [-0.05, 0) is 44.1 Å². The molecule has 68 valence electrons. The van der Waals surface area contributed by atoms with Crippen molar-refractivity contribution >= 4 is 71.5 Å². The highest BCUT2D eigenvalue weighted by Gasteiger charge is 2.07. The van der Waals surface area contributed by atoms with Crippen molar-refractivity contribution in [3.05, 3.63) is 31.1 Å². The maximum absolute atomic E-state index is 5.83. The molecule has 2 rings (SSSR count).